The second-order valence-corrected chi connectivity index (χ2v) is 2.65. The maximum absolute atomic E-state index is 9.04. The average Bonchev–Trinajstić information content (AvgIpc) is 1.98. The summed E-state index contributed by atoms with van der Waals surface area (Å²) in [6, 6.07) is 0. The third-order valence-corrected chi connectivity index (χ3v) is 1.63. The van der Waals surface area contributed by atoms with Crippen molar-refractivity contribution in [1.82, 2.24) is 0 Å². The Morgan fingerprint density at radius 1 is 1.36 bits per heavy atom. The highest BCUT2D eigenvalue weighted by atomic mass is 16.3. The molecule has 0 aromatic rings. The molecular formula is C9H20O2. The second kappa shape index (κ2) is 9.66. The molecule has 0 rings (SSSR count). The molecule has 0 radical (unpaired) electrons. The summed E-state index contributed by atoms with van der Waals surface area (Å²) in [4.78, 5) is 0. The molecule has 3 N–H and O–H groups in total. The number of unbranched alkanes of at least 4 members (excludes halogenated alkanes) is 3. The molecule has 0 spiro atoms. The Balaban J connectivity index is 0. The second-order valence-electron chi connectivity index (χ2n) is 2.65. The topological polar surface area (TPSA) is 51.7 Å². The molecular weight excluding hydrogens is 140 g/mol. The first kappa shape index (κ1) is 13.3. The normalized spacial score (nSPS) is 11.8. The first-order valence-electron chi connectivity index (χ1n) is 4.12. The van der Waals surface area contributed by atoms with Crippen LogP contribution >= 0.6 is 0 Å². The lowest BCUT2D eigenvalue weighted by Crippen LogP contribution is -2.00. The van der Waals surface area contributed by atoms with Crippen LogP contribution in [0.2, 0.25) is 0 Å². The van der Waals surface area contributed by atoms with Crippen molar-refractivity contribution in [2.45, 2.75) is 45.1 Å². The molecule has 0 aliphatic heterocycles. The lowest BCUT2D eigenvalue weighted by atomic mass is 10.1. The maximum Gasteiger partial charge on any atom is 0.0718 e. The van der Waals surface area contributed by atoms with Crippen LogP contribution in [0.4, 0.5) is 0 Å². The molecule has 2 nitrogen and oxygen atoms in total. The summed E-state index contributed by atoms with van der Waals surface area (Å²) in [7, 11) is 0. The fourth-order valence-electron chi connectivity index (χ4n) is 0.898. The van der Waals surface area contributed by atoms with Crippen LogP contribution < -0.4 is 0 Å². The lowest BCUT2D eigenvalue weighted by Gasteiger charge is -2.02. The van der Waals surface area contributed by atoms with Crippen LogP contribution in [0.5, 0.6) is 0 Å². The van der Waals surface area contributed by atoms with Crippen molar-refractivity contribution in [3.8, 4) is 0 Å². The zero-order chi connectivity index (χ0) is 7.82. The van der Waals surface area contributed by atoms with Gasteiger partial charge in [-0.2, -0.15) is 0 Å². The van der Waals surface area contributed by atoms with E-state index in [0.717, 1.165) is 12.8 Å². The van der Waals surface area contributed by atoms with Gasteiger partial charge in [0.2, 0.25) is 0 Å². The Bertz CT molecular complexity index is 81.6. The SMILES string of the molecule is C=CC(O)CCCCCC.O. The highest BCUT2D eigenvalue weighted by molar-refractivity contribution is 4.77. The van der Waals surface area contributed by atoms with Gasteiger partial charge in [0.15, 0.2) is 0 Å². The third-order valence-electron chi connectivity index (χ3n) is 1.63. The fourth-order valence-corrected chi connectivity index (χ4v) is 0.898. The summed E-state index contributed by atoms with van der Waals surface area (Å²) in [5.41, 5.74) is 0. The van der Waals surface area contributed by atoms with Gasteiger partial charge in [-0.3, -0.25) is 0 Å². The van der Waals surface area contributed by atoms with Gasteiger partial charge >= 0.3 is 0 Å². The first-order chi connectivity index (χ1) is 4.81. The van der Waals surface area contributed by atoms with Gasteiger partial charge in [-0.05, 0) is 6.42 Å². The van der Waals surface area contributed by atoms with Crippen LogP contribution in [0, 0.1) is 0 Å². The summed E-state index contributed by atoms with van der Waals surface area (Å²) in [6.45, 7) is 5.69. The van der Waals surface area contributed by atoms with Crippen LogP contribution in [-0.2, 0) is 0 Å². The molecule has 1 unspecified atom stereocenters. The minimum absolute atomic E-state index is 0. The van der Waals surface area contributed by atoms with Crippen molar-refractivity contribution in [2.75, 3.05) is 0 Å². The van der Waals surface area contributed by atoms with Gasteiger partial charge in [-0.15, -0.1) is 6.58 Å². The molecule has 0 bridgehead atoms. The largest absolute Gasteiger partial charge is 0.412 e. The summed E-state index contributed by atoms with van der Waals surface area (Å²) in [6.07, 6.45) is 7.10. The molecule has 0 aromatic carbocycles. The van der Waals surface area contributed by atoms with Crippen LogP contribution in [0.1, 0.15) is 39.0 Å². The molecule has 0 amide bonds. The minimum Gasteiger partial charge on any atom is -0.412 e. The summed E-state index contributed by atoms with van der Waals surface area (Å²) in [5.74, 6) is 0. The zero-order valence-corrected chi connectivity index (χ0v) is 7.34. The Hall–Kier alpha value is -0.340. The smallest absolute Gasteiger partial charge is 0.0718 e. The monoisotopic (exact) mass is 160 g/mol. The van der Waals surface area contributed by atoms with Crippen LogP contribution in [0.15, 0.2) is 12.7 Å². The van der Waals surface area contributed by atoms with E-state index in [2.05, 4.69) is 13.5 Å². The fraction of sp³-hybridized carbons (Fsp3) is 0.778. The number of hydrogen-bond donors (Lipinski definition) is 1. The van der Waals surface area contributed by atoms with Gasteiger partial charge in [0.25, 0.3) is 0 Å². The van der Waals surface area contributed by atoms with E-state index in [4.69, 9.17) is 5.11 Å². The van der Waals surface area contributed by atoms with Gasteiger partial charge < -0.3 is 10.6 Å². The lowest BCUT2D eigenvalue weighted by molar-refractivity contribution is 0.208. The molecule has 1 atom stereocenters. The average molecular weight is 160 g/mol. The molecule has 0 saturated heterocycles. The zero-order valence-electron chi connectivity index (χ0n) is 7.34. The molecule has 2 heteroatoms. The Kier molecular flexibility index (Phi) is 11.6. The molecule has 0 aliphatic carbocycles. The number of aliphatic hydroxyl groups excluding tert-OH is 1. The third kappa shape index (κ3) is 9.66. The molecule has 0 heterocycles. The van der Waals surface area contributed by atoms with Crippen molar-refractivity contribution in [1.29, 1.82) is 0 Å². The van der Waals surface area contributed by atoms with Crippen molar-refractivity contribution in [3.05, 3.63) is 12.7 Å². The van der Waals surface area contributed by atoms with E-state index in [1.165, 1.54) is 19.3 Å². The van der Waals surface area contributed by atoms with Gasteiger partial charge in [-0.1, -0.05) is 38.7 Å². The van der Waals surface area contributed by atoms with Crippen molar-refractivity contribution in [3.63, 3.8) is 0 Å². The number of hydrogen-bond acceptors (Lipinski definition) is 1. The van der Waals surface area contributed by atoms with E-state index < -0.39 is 0 Å². The molecule has 68 valence electrons. The van der Waals surface area contributed by atoms with Gasteiger partial charge in [0.05, 0.1) is 6.10 Å². The molecule has 0 fully saturated rings. The van der Waals surface area contributed by atoms with Crippen molar-refractivity contribution < 1.29 is 10.6 Å². The molecule has 0 saturated carbocycles. The number of rotatable bonds is 6. The Morgan fingerprint density at radius 2 is 2.00 bits per heavy atom. The Labute approximate surface area is 69.2 Å². The maximum atomic E-state index is 9.04. The number of aliphatic hydroxyl groups is 1. The highest BCUT2D eigenvalue weighted by Crippen LogP contribution is 2.05. The van der Waals surface area contributed by atoms with E-state index in [-0.39, 0.29) is 11.6 Å². The summed E-state index contributed by atoms with van der Waals surface area (Å²) >= 11 is 0. The van der Waals surface area contributed by atoms with Gasteiger partial charge in [-0.25, -0.2) is 0 Å². The van der Waals surface area contributed by atoms with Crippen molar-refractivity contribution in [2.24, 2.45) is 0 Å². The summed E-state index contributed by atoms with van der Waals surface area (Å²) in [5, 5.41) is 9.04. The van der Waals surface area contributed by atoms with Gasteiger partial charge in [0, 0.05) is 0 Å². The van der Waals surface area contributed by atoms with E-state index in [1.54, 1.807) is 6.08 Å². The standard InChI is InChI=1S/C9H18O.H2O/c1-3-5-6-7-8-9(10)4-2;/h4,9-10H,2-3,5-8H2,1H3;1H2. The van der Waals surface area contributed by atoms with E-state index in [9.17, 15) is 0 Å². The molecule has 0 aliphatic rings. The van der Waals surface area contributed by atoms with E-state index in [0.29, 0.717) is 0 Å². The molecule has 0 aromatic heterocycles. The van der Waals surface area contributed by atoms with Crippen LogP contribution in [0.3, 0.4) is 0 Å². The first-order valence-corrected chi connectivity index (χ1v) is 4.12. The van der Waals surface area contributed by atoms with Crippen LogP contribution in [-0.4, -0.2) is 16.7 Å². The van der Waals surface area contributed by atoms with E-state index in [1.807, 2.05) is 0 Å². The molecule has 11 heavy (non-hydrogen) atoms. The summed E-state index contributed by atoms with van der Waals surface area (Å²) < 4.78 is 0. The van der Waals surface area contributed by atoms with Crippen molar-refractivity contribution >= 4 is 0 Å². The predicted octanol–water partition coefficient (Wildman–Crippen LogP) is 1.68. The highest BCUT2D eigenvalue weighted by Gasteiger charge is 1.95. The van der Waals surface area contributed by atoms with E-state index >= 15 is 0 Å². The Morgan fingerprint density at radius 3 is 2.45 bits per heavy atom. The quantitative estimate of drug-likeness (QED) is 0.466. The van der Waals surface area contributed by atoms with Gasteiger partial charge in [0.1, 0.15) is 0 Å². The minimum atomic E-state index is -0.281. The van der Waals surface area contributed by atoms with Crippen LogP contribution in [0.25, 0.3) is 0 Å². The predicted molar refractivity (Wildman–Crippen MR) is 48.6 cm³/mol.